The molecule has 0 atom stereocenters. The lowest BCUT2D eigenvalue weighted by molar-refractivity contribution is -0.138. The molecular formula is C10H18N2O4. The number of amides is 2. The lowest BCUT2D eigenvalue weighted by Crippen LogP contribution is -2.24. The van der Waals surface area contributed by atoms with E-state index in [1.165, 1.54) is 0 Å². The number of nitrogens with one attached hydrogen (secondary N) is 1. The van der Waals surface area contributed by atoms with Gasteiger partial charge in [0.1, 0.15) is 0 Å². The Morgan fingerprint density at radius 3 is 2.25 bits per heavy atom. The highest BCUT2D eigenvalue weighted by Crippen LogP contribution is 1.98. The Hall–Kier alpha value is -1.59. The van der Waals surface area contributed by atoms with Gasteiger partial charge in [-0.05, 0) is 12.8 Å². The van der Waals surface area contributed by atoms with E-state index < -0.39 is 5.97 Å². The van der Waals surface area contributed by atoms with Crippen LogP contribution in [0, 0.1) is 0 Å². The minimum absolute atomic E-state index is 0.0105. The molecule has 16 heavy (non-hydrogen) atoms. The van der Waals surface area contributed by atoms with Crippen molar-refractivity contribution in [1.82, 2.24) is 5.32 Å². The minimum Gasteiger partial charge on any atom is -0.481 e. The number of hydrogen-bond donors (Lipinski definition) is 3. The van der Waals surface area contributed by atoms with Crippen LogP contribution in [0.2, 0.25) is 0 Å². The fourth-order valence-electron chi connectivity index (χ4n) is 1.14. The van der Waals surface area contributed by atoms with Gasteiger partial charge in [0.05, 0.1) is 6.42 Å². The summed E-state index contributed by atoms with van der Waals surface area (Å²) in [6.45, 7) is 0.511. The molecule has 0 fully saturated rings. The molecule has 0 rings (SSSR count). The van der Waals surface area contributed by atoms with Gasteiger partial charge in [-0.1, -0.05) is 6.42 Å². The highest BCUT2D eigenvalue weighted by Gasteiger charge is 2.04. The molecule has 0 spiro atoms. The molecule has 4 N–H and O–H groups in total. The van der Waals surface area contributed by atoms with Crippen LogP contribution in [0.3, 0.4) is 0 Å². The zero-order valence-corrected chi connectivity index (χ0v) is 9.20. The lowest BCUT2D eigenvalue weighted by atomic mass is 10.2. The molecule has 92 valence electrons. The highest BCUT2D eigenvalue weighted by atomic mass is 16.4. The van der Waals surface area contributed by atoms with Crippen LogP contribution in [0.25, 0.3) is 0 Å². The Bertz CT molecular complexity index is 253. The molecule has 0 aliphatic carbocycles. The Labute approximate surface area is 94.2 Å². The van der Waals surface area contributed by atoms with Crippen LogP contribution < -0.4 is 11.1 Å². The monoisotopic (exact) mass is 230 g/mol. The maximum Gasteiger partial charge on any atom is 0.303 e. The molecule has 0 heterocycles. The molecule has 0 saturated carbocycles. The summed E-state index contributed by atoms with van der Waals surface area (Å²) in [7, 11) is 0. The Balaban J connectivity index is 3.27. The van der Waals surface area contributed by atoms with E-state index in [2.05, 4.69) is 5.32 Å². The lowest BCUT2D eigenvalue weighted by Gasteiger charge is -2.03. The quantitative estimate of drug-likeness (QED) is 0.485. The average molecular weight is 230 g/mol. The summed E-state index contributed by atoms with van der Waals surface area (Å²) in [5, 5.41) is 10.9. The summed E-state index contributed by atoms with van der Waals surface area (Å²) in [5.74, 6) is -1.54. The summed E-state index contributed by atoms with van der Waals surface area (Å²) < 4.78 is 0. The van der Waals surface area contributed by atoms with E-state index in [9.17, 15) is 14.4 Å². The molecule has 0 saturated heterocycles. The van der Waals surface area contributed by atoms with Crippen molar-refractivity contribution in [2.24, 2.45) is 5.73 Å². The van der Waals surface area contributed by atoms with Gasteiger partial charge in [0.15, 0.2) is 0 Å². The molecule has 0 aliphatic heterocycles. The molecule has 6 nitrogen and oxygen atoms in total. The fourth-order valence-corrected chi connectivity index (χ4v) is 1.14. The molecule has 2 amide bonds. The van der Waals surface area contributed by atoms with Gasteiger partial charge in [-0.3, -0.25) is 14.4 Å². The SMILES string of the molecule is NC(=O)CCCCCNC(=O)CCC(=O)O. The molecule has 0 aromatic rings. The number of carbonyl (C=O) groups excluding carboxylic acids is 2. The van der Waals surface area contributed by atoms with Crippen LogP contribution in [0.1, 0.15) is 38.5 Å². The predicted molar refractivity (Wildman–Crippen MR) is 57.5 cm³/mol. The molecule has 0 radical (unpaired) electrons. The predicted octanol–water partition coefficient (Wildman–Crippen LogP) is 0.0131. The zero-order valence-electron chi connectivity index (χ0n) is 9.20. The largest absolute Gasteiger partial charge is 0.481 e. The number of unbranched alkanes of at least 4 members (excludes halogenated alkanes) is 2. The standard InChI is InChI=1S/C10H18N2O4/c11-8(13)4-2-1-3-7-12-9(14)5-6-10(15)16/h1-7H2,(H2,11,13)(H,12,14)(H,15,16). The number of carboxylic acids is 1. The van der Waals surface area contributed by atoms with E-state index in [0.29, 0.717) is 13.0 Å². The van der Waals surface area contributed by atoms with Gasteiger partial charge in [0, 0.05) is 19.4 Å². The number of aliphatic carboxylic acids is 1. The summed E-state index contributed by atoms with van der Waals surface area (Å²) in [5.41, 5.74) is 4.96. The summed E-state index contributed by atoms with van der Waals surface area (Å²) in [4.78, 5) is 31.6. The summed E-state index contributed by atoms with van der Waals surface area (Å²) in [6, 6.07) is 0. The number of nitrogens with two attached hydrogens (primary N) is 1. The van der Waals surface area contributed by atoms with Gasteiger partial charge in [0.2, 0.25) is 11.8 Å². The second kappa shape index (κ2) is 8.70. The van der Waals surface area contributed by atoms with E-state index in [-0.39, 0.29) is 24.7 Å². The summed E-state index contributed by atoms with van der Waals surface area (Å²) in [6.07, 6.45) is 2.55. The number of carboxylic acid groups (broad SMARTS) is 1. The maximum absolute atomic E-state index is 11.0. The third kappa shape index (κ3) is 10.5. The van der Waals surface area contributed by atoms with Crippen molar-refractivity contribution in [3.63, 3.8) is 0 Å². The van der Waals surface area contributed by atoms with E-state index in [4.69, 9.17) is 10.8 Å². The average Bonchev–Trinajstić information content (AvgIpc) is 2.19. The van der Waals surface area contributed by atoms with Crippen molar-refractivity contribution in [3.8, 4) is 0 Å². The van der Waals surface area contributed by atoms with Gasteiger partial charge in [-0.25, -0.2) is 0 Å². The van der Waals surface area contributed by atoms with Crippen LogP contribution in [-0.4, -0.2) is 29.4 Å². The van der Waals surface area contributed by atoms with E-state index in [0.717, 1.165) is 19.3 Å². The molecule has 0 aromatic heterocycles. The first-order chi connectivity index (χ1) is 7.52. The van der Waals surface area contributed by atoms with Crippen molar-refractivity contribution < 1.29 is 19.5 Å². The van der Waals surface area contributed by atoms with E-state index >= 15 is 0 Å². The topological polar surface area (TPSA) is 109 Å². The molecule has 0 aliphatic rings. The maximum atomic E-state index is 11.0. The van der Waals surface area contributed by atoms with Gasteiger partial charge >= 0.3 is 5.97 Å². The molecular weight excluding hydrogens is 212 g/mol. The Morgan fingerprint density at radius 2 is 1.69 bits per heavy atom. The third-order valence-corrected chi connectivity index (χ3v) is 1.99. The van der Waals surface area contributed by atoms with Crippen LogP contribution in [0.15, 0.2) is 0 Å². The number of rotatable bonds is 9. The fraction of sp³-hybridized carbons (Fsp3) is 0.700. The van der Waals surface area contributed by atoms with E-state index in [1.807, 2.05) is 0 Å². The van der Waals surface area contributed by atoms with Gasteiger partial charge in [-0.15, -0.1) is 0 Å². The first kappa shape index (κ1) is 14.4. The number of hydrogen-bond acceptors (Lipinski definition) is 3. The molecule has 0 bridgehead atoms. The van der Waals surface area contributed by atoms with Crippen molar-refractivity contribution in [2.75, 3.05) is 6.54 Å². The van der Waals surface area contributed by atoms with E-state index in [1.54, 1.807) is 0 Å². The Morgan fingerprint density at radius 1 is 1.00 bits per heavy atom. The number of carbonyl (C=O) groups is 3. The minimum atomic E-state index is -0.975. The normalized spacial score (nSPS) is 9.75. The third-order valence-electron chi connectivity index (χ3n) is 1.99. The van der Waals surface area contributed by atoms with Crippen LogP contribution in [0.5, 0.6) is 0 Å². The van der Waals surface area contributed by atoms with Crippen LogP contribution in [0.4, 0.5) is 0 Å². The smallest absolute Gasteiger partial charge is 0.303 e. The molecule has 0 aromatic carbocycles. The van der Waals surface area contributed by atoms with Crippen molar-refractivity contribution in [2.45, 2.75) is 38.5 Å². The van der Waals surface area contributed by atoms with Gasteiger partial charge in [0.25, 0.3) is 0 Å². The van der Waals surface area contributed by atoms with Crippen LogP contribution in [-0.2, 0) is 14.4 Å². The highest BCUT2D eigenvalue weighted by molar-refractivity contribution is 5.80. The number of primary amides is 1. The zero-order chi connectivity index (χ0) is 12.4. The van der Waals surface area contributed by atoms with Crippen molar-refractivity contribution in [3.05, 3.63) is 0 Å². The first-order valence-electron chi connectivity index (χ1n) is 5.29. The Kier molecular flexibility index (Phi) is 7.83. The summed E-state index contributed by atoms with van der Waals surface area (Å²) >= 11 is 0. The van der Waals surface area contributed by atoms with Gasteiger partial charge < -0.3 is 16.2 Å². The molecule has 0 unspecified atom stereocenters. The first-order valence-corrected chi connectivity index (χ1v) is 5.29. The van der Waals surface area contributed by atoms with Crippen LogP contribution >= 0.6 is 0 Å². The second-order valence-corrected chi connectivity index (χ2v) is 3.52. The second-order valence-electron chi connectivity index (χ2n) is 3.52. The van der Waals surface area contributed by atoms with Crippen molar-refractivity contribution >= 4 is 17.8 Å². The molecule has 6 heteroatoms. The van der Waals surface area contributed by atoms with Gasteiger partial charge in [-0.2, -0.15) is 0 Å². The van der Waals surface area contributed by atoms with Crippen molar-refractivity contribution in [1.29, 1.82) is 0 Å².